The normalized spacial score (nSPS) is 31.9. The topological polar surface area (TPSA) is 143 Å². The van der Waals surface area contributed by atoms with Crippen LogP contribution < -0.4 is 5.56 Å². The molecule has 0 radical (unpaired) electrons. The van der Waals surface area contributed by atoms with E-state index in [4.69, 9.17) is 4.74 Å². The molecule has 2 fully saturated rings. The van der Waals surface area contributed by atoms with E-state index in [1.807, 2.05) is 50.2 Å². The first-order chi connectivity index (χ1) is 15.7. The second-order valence-corrected chi connectivity index (χ2v) is 9.21. The van der Waals surface area contributed by atoms with Crippen LogP contribution in [0.4, 0.5) is 0 Å². The van der Waals surface area contributed by atoms with Gasteiger partial charge >= 0.3 is 0 Å². The average molecular weight is 453 g/mol. The molecular formula is C25H27NO7. The van der Waals surface area contributed by atoms with E-state index in [9.17, 15) is 30.3 Å². The number of hydrogen-bond donors (Lipinski definition) is 6. The van der Waals surface area contributed by atoms with Gasteiger partial charge in [0.25, 0.3) is 5.56 Å². The molecule has 1 saturated heterocycles. The molecule has 8 heteroatoms. The lowest BCUT2D eigenvalue weighted by molar-refractivity contribution is -0.396. The molecule has 2 aliphatic rings. The van der Waals surface area contributed by atoms with Crippen molar-refractivity contribution in [2.45, 2.75) is 44.1 Å². The van der Waals surface area contributed by atoms with Crippen molar-refractivity contribution in [1.29, 1.82) is 0 Å². The highest BCUT2D eigenvalue weighted by Crippen LogP contribution is 2.56. The molecular weight excluding hydrogens is 426 g/mol. The zero-order chi connectivity index (χ0) is 23.7. The molecule has 2 heterocycles. The van der Waals surface area contributed by atoms with Crippen LogP contribution in [0.25, 0.3) is 21.9 Å². The number of H-pyrrole nitrogens is 1. The third-order valence-electron chi connectivity index (χ3n) is 7.32. The fourth-order valence-corrected chi connectivity index (χ4v) is 5.64. The molecule has 3 aromatic rings. The fourth-order valence-electron chi connectivity index (χ4n) is 5.64. The molecule has 0 spiro atoms. The number of aryl methyl sites for hydroxylation is 2. The first-order valence-electron chi connectivity index (χ1n) is 11.0. The van der Waals surface area contributed by atoms with E-state index in [2.05, 4.69) is 4.98 Å². The SMILES string of the molecule is Cc1cc(-c2ccc3cc[nH]c(=O)c3c2)cc(C)c1[C@@H](O)[C@H]1OC2(O)C(CO)[C@@H](O)C(O)C12. The van der Waals surface area contributed by atoms with Gasteiger partial charge in [-0.2, -0.15) is 0 Å². The Bertz CT molecular complexity index is 1260. The summed E-state index contributed by atoms with van der Waals surface area (Å²) in [7, 11) is 0. The Morgan fingerprint density at radius 2 is 1.76 bits per heavy atom. The van der Waals surface area contributed by atoms with Gasteiger partial charge in [-0.15, -0.1) is 0 Å². The van der Waals surface area contributed by atoms with Gasteiger partial charge in [0.05, 0.1) is 30.7 Å². The van der Waals surface area contributed by atoms with Crippen molar-refractivity contribution in [3.8, 4) is 11.1 Å². The third-order valence-corrected chi connectivity index (χ3v) is 7.32. The monoisotopic (exact) mass is 453 g/mol. The van der Waals surface area contributed by atoms with Crippen molar-refractivity contribution in [2.24, 2.45) is 11.8 Å². The fraction of sp³-hybridized carbons (Fsp3) is 0.400. The molecule has 1 aliphatic carbocycles. The van der Waals surface area contributed by atoms with E-state index in [0.29, 0.717) is 10.9 Å². The lowest BCUT2D eigenvalue weighted by Gasteiger charge is -2.52. The summed E-state index contributed by atoms with van der Waals surface area (Å²) in [6, 6.07) is 11.3. The smallest absolute Gasteiger partial charge is 0.255 e. The number of aliphatic hydroxyl groups is 5. The van der Waals surface area contributed by atoms with Gasteiger partial charge in [-0.05, 0) is 59.2 Å². The molecule has 1 aliphatic heterocycles. The van der Waals surface area contributed by atoms with Crippen LogP contribution in [0.5, 0.6) is 0 Å². The summed E-state index contributed by atoms with van der Waals surface area (Å²) in [6.45, 7) is 3.16. The lowest BCUT2D eigenvalue weighted by Crippen LogP contribution is -2.64. The molecule has 5 rings (SSSR count). The van der Waals surface area contributed by atoms with Gasteiger partial charge < -0.3 is 35.3 Å². The highest BCUT2D eigenvalue weighted by molar-refractivity contribution is 5.86. The molecule has 174 valence electrons. The van der Waals surface area contributed by atoms with Crippen LogP contribution in [0.1, 0.15) is 22.8 Å². The number of ether oxygens (including phenoxy) is 1. The maximum atomic E-state index is 12.2. The predicted molar refractivity (Wildman–Crippen MR) is 120 cm³/mol. The zero-order valence-corrected chi connectivity index (χ0v) is 18.3. The van der Waals surface area contributed by atoms with Crippen LogP contribution in [0.15, 0.2) is 47.4 Å². The van der Waals surface area contributed by atoms with Crippen molar-refractivity contribution in [3.63, 3.8) is 0 Å². The summed E-state index contributed by atoms with van der Waals surface area (Å²) in [5, 5.41) is 53.4. The van der Waals surface area contributed by atoms with Crippen molar-refractivity contribution in [3.05, 3.63) is 69.6 Å². The lowest BCUT2D eigenvalue weighted by atomic mass is 9.78. The number of aliphatic hydroxyl groups excluding tert-OH is 4. The Hall–Kier alpha value is -2.59. The number of pyridine rings is 1. The van der Waals surface area contributed by atoms with Crippen LogP contribution >= 0.6 is 0 Å². The Balaban J connectivity index is 1.48. The van der Waals surface area contributed by atoms with Gasteiger partial charge in [0.1, 0.15) is 12.2 Å². The standard InChI is InChI=1S/C25H27NO7/c1-11-7-15(14-4-3-13-5-6-26-24(31)16(13)9-14)8-12(2)18(11)21(29)23-19-22(30)20(28)17(10-27)25(19,32)33-23/h3-9,17,19-23,27-30,32H,10H2,1-2H3,(H,26,31)/t17?,19?,20-,21-,22?,23+,25?/m1/s1. The van der Waals surface area contributed by atoms with Gasteiger partial charge in [-0.1, -0.05) is 24.3 Å². The minimum absolute atomic E-state index is 0.164. The summed E-state index contributed by atoms with van der Waals surface area (Å²) in [5.41, 5.74) is 3.76. The molecule has 2 aromatic carbocycles. The van der Waals surface area contributed by atoms with Crippen molar-refractivity contribution >= 4 is 10.8 Å². The van der Waals surface area contributed by atoms with Crippen LogP contribution in [0, 0.1) is 25.7 Å². The summed E-state index contributed by atoms with van der Waals surface area (Å²) in [4.78, 5) is 14.9. The average Bonchev–Trinajstić information content (AvgIpc) is 2.90. The van der Waals surface area contributed by atoms with E-state index in [-0.39, 0.29) is 5.56 Å². The third kappa shape index (κ3) is 3.18. The quantitative estimate of drug-likeness (QED) is 0.344. The molecule has 6 N–H and O–H groups in total. The van der Waals surface area contributed by atoms with Crippen LogP contribution in [-0.2, 0) is 4.74 Å². The number of fused-ring (bicyclic) bond motifs is 2. The van der Waals surface area contributed by atoms with Crippen LogP contribution in [0.2, 0.25) is 0 Å². The van der Waals surface area contributed by atoms with Crippen LogP contribution in [-0.4, -0.2) is 61.2 Å². The number of aromatic amines is 1. The second-order valence-electron chi connectivity index (χ2n) is 9.21. The predicted octanol–water partition coefficient (Wildman–Crippen LogP) is 0.893. The minimum Gasteiger partial charge on any atom is -0.396 e. The zero-order valence-electron chi connectivity index (χ0n) is 18.3. The largest absolute Gasteiger partial charge is 0.396 e. The maximum Gasteiger partial charge on any atom is 0.255 e. The number of rotatable bonds is 4. The Labute approximate surface area is 189 Å². The van der Waals surface area contributed by atoms with E-state index in [0.717, 1.165) is 27.6 Å². The Kier molecular flexibility index (Phi) is 5.20. The molecule has 1 aromatic heterocycles. The molecule has 8 nitrogen and oxygen atoms in total. The highest BCUT2D eigenvalue weighted by atomic mass is 16.7. The van der Waals surface area contributed by atoms with Gasteiger partial charge in [0.2, 0.25) is 0 Å². The first kappa shape index (κ1) is 22.2. The maximum absolute atomic E-state index is 12.2. The highest BCUT2D eigenvalue weighted by Gasteiger charge is 2.71. The van der Waals surface area contributed by atoms with E-state index in [1.165, 1.54) is 0 Å². The molecule has 4 unspecified atom stereocenters. The van der Waals surface area contributed by atoms with Crippen molar-refractivity contribution in [2.75, 3.05) is 6.61 Å². The second kappa shape index (κ2) is 7.73. The molecule has 1 saturated carbocycles. The van der Waals surface area contributed by atoms with Gasteiger partial charge in [-0.3, -0.25) is 4.79 Å². The number of benzene rings is 2. The summed E-state index contributed by atoms with van der Waals surface area (Å²) >= 11 is 0. The molecule has 7 atom stereocenters. The molecule has 33 heavy (non-hydrogen) atoms. The number of hydrogen-bond acceptors (Lipinski definition) is 7. The molecule has 0 amide bonds. The first-order valence-corrected chi connectivity index (χ1v) is 11.0. The van der Waals surface area contributed by atoms with Crippen molar-refractivity contribution < 1.29 is 30.3 Å². The van der Waals surface area contributed by atoms with E-state index in [1.54, 1.807) is 6.20 Å². The Morgan fingerprint density at radius 3 is 2.42 bits per heavy atom. The summed E-state index contributed by atoms with van der Waals surface area (Å²) in [5.74, 6) is -3.84. The Morgan fingerprint density at radius 1 is 1.06 bits per heavy atom. The van der Waals surface area contributed by atoms with E-state index < -0.39 is 48.6 Å². The summed E-state index contributed by atoms with van der Waals surface area (Å²) < 4.78 is 5.58. The van der Waals surface area contributed by atoms with Gasteiger partial charge in [0, 0.05) is 11.6 Å². The van der Waals surface area contributed by atoms with Gasteiger partial charge in [0.15, 0.2) is 5.79 Å². The van der Waals surface area contributed by atoms with Crippen LogP contribution in [0.3, 0.4) is 0 Å². The minimum atomic E-state index is -1.88. The molecule has 0 bridgehead atoms. The number of nitrogens with one attached hydrogen (secondary N) is 1. The number of aromatic nitrogens is 1. The van der Waals surface area contributed by atoms with Crippen molar-refractivity contribution in [1.82, 2.24) is 4.98 Å². The van der Waals surface area contributed by atoms with E-state index >= 15 is 0 Å². The van der Waals surface area contributed by atoms with Gasteiger partial charge in [-0.25, -0.2) is 0 Å². The summed E-state index contributed by atoms with van der Waals surface area (Å²) in [6.07, 6.45) is -3.14.